The van der Waals surface area contributed by atoms with Crippen LogP contribution in [0.2, 0.25) is 0 Å². The van der Waals surface area contributed by atoms with Crippen LogP contribution in [0.25, 0.3) is 0 Å². The Hall–Kier alpha value is -0.480. The molecule has 6 nitrogen and oxygen atoms in total. The van der Waals surface area contributed by atoms with E-state index in [1.165, 1.54) is 179 Å². The van der Waals surface area contributed by atoms with E-state index in [-0.39, 0.29) is 47.5 Å². The van der Waals surface area contributed by atoms with Crippen LogP contribution in [0.1, 0.15) is 216 Å². The summed E-state index contributed by atoms with van der Waals surface area (Å²) in [5.74, 6) is 0. The quantitative estimate of drug-likeness (QED) is 0.0412. The first-order valence-electron chi connectivity index (χ1n) is 22.0. The Kier molecular flexibility index (Phi) is 34.1. The summed E-state index contributed by atoms with van der Waals surface area (Å²) < 4.78 is 66.9. The Balaban J connectivity index is 0.00000104. The fourth-order valence-electron chi connectivity index (χ4n) is 7.17. The van der Waals surface area contributed by atoms with E-state index in [4.69, 9.17) is 0 Å². The molecule has 2 aromatic carbocycles. The molecule has 0 N–H and O–H groups in total. The van der Waals surface area contributed by atoms with Crippen molar-refractivity contribution in [2.75, 3.05) is 0 Å². The molecule has 0 bridgehead atoms. The van der Waals surface area contributed by atoms with Gasteiger partial charge in [0.05, 0.1) is 9.79 Å². The van der Waals surface area contributed by atoms with E-state index in [9.17, 15) is 25.9 Å². The molecule has 0 radical (unpaired) electrons. The zero-order chi connectivity index (χ0) is 39.9. The second-order valence-electron chi connectivity index (χ2n) is 15.8. The Morgan fingerprint density at radius 2 is 0.600 bits per heavy atom. The van der Waals surface area contributed by atoms with Crippen molar-refractivity contribution in [1.29, 1.82) is 0 Å². The van der Waals surface area contributed by atoms with E-state index >= 15 is 0 Å². The maximum Gasteiger partial charge on any atom is 2.00 e. The van der Waals surface area contributed by atoms with E-state index < -0.39 is 20.2 Å². The minimum Gasteiger partial charge on any atom is -0.744 e. The Bertz CT molecular complexity index is 1330. The van der Waals surface area contributed by atoms with Crippen molar-refractivity contribution in [2.45, 2.75) is 230 Å². The molecule has 0 aromatic heterocycles. The van der Waals surface area contributed by atoms with Gasteiger partial charge in [0.1, 0.15) is 20.2 Å². The average molecular weight is 831 g/mol. The number of aryl methyl sites for hydroxylation is 4. The van der Waals surface area contributed by atoms with E-state index in [0.717, 1.165) is 47.9 Å². The number of hydrogen-bond acceptors (Lipinski definition) is 6. The second-order valence-corrected chi connectivity index (χ2v) is 18.5. The molecule has 55 heavy (non-hydrogen) atoms. The summed E-state index contributed by atoms with van der Waals surface area (Å²) in [4.78, 5) is -0.207. The average Bonchev–Trinajstić information content (AvgIpc) is 3.12. The first kappa shape index (κ1) is 54.5. The van der Waals surface area contributed by atoms with Gasteiger partial charge in [-0.3, -0.25) is 0 Å². The molecule has 2 rings (SSSR count). The maximum absolute atomic E-state index is 11.1. The molecule has 0 fully saturated rings. The van der Waals surface area contributed by atoms with Crippen molar-refractivity contribution >= 4 is 58.0 Å². The van der Waals surface area contributed by atoms with E-state index in [2.05, 4.69) is 13.8 Å². The minimum absolute atomic E-state index is 0. The van der Waals surface area contributed by atoms with Crippen LogP contribution in [0.5, 0.6) is 0 Å². The summed E-state index contributed by atoms with van der Waals surface area (Å²) in [7, 11) is -8.70. The predicted molar refractivity (Wildman–Crippen MR) is 232 cm³/mol. The summed E-state index contributed by atoms with van der Waals surface area (Å²) >= 11 is 0. The van der Waals surface area contributed by atoms with Crippen LogP contribution in [-0.4, -0.2) is 63.7 Å². The van der Waals surface area contributed by atoms with Gasteiger partial charge in [0.2, 0.25) is 0 Å². The van der Waals surface area contributed by atoms with Crippen molar-refractivity contribution in [1.82, 2.24) is 0 Å². The SMILES string of the molecule is CCCCCCCCCCCCCCCCc1cc(S(=O)(=O)[O-])ccc1C.CCCCCCCCCCCCCCCCc1cc(S(=O)(=O)[O-])ccc1C.[Ca+2]. The number of rotatable bonds is 32. The Labute approximate surface area is 369 Å². The van der Waals surface area contributed by atoms with Crippen LogP contribution in [0.15, 0.2) is 46.2 Å². The van der Waals surface area contributed by atoms with Gasteiger partial charge in [-0.25, -0.2) is 16.8 Å². The summed E-state index contributed by atoms with van der Waals surface area (Å²) in [6.07, 6.45) is 38.9. The van der Waals surface area contributed by atoms with Gasteiger partial charge in [0.15, 0.2) is 0 Å². The third kappa shape index (κ3) is 29.4. The second kappa shape index (κ2) is 34.4. The molecule has 2 aromatic rings. The van der Waals surface area contributed by atoms with Crippen LogP contribution < -0.4 is 0 Å². The molecule has 0 atom stereocenters. The smallest absolute Gasteiger partial charge is 0.744 e. The van der Waals surface area contributed by atoms with Crippen molar-refractivity contribution in [3.63, 3.8) is 0 Å². The molecular weight excluding hydrogens is 753 g/mol. The zero-order valence-corrected chi connectivity index (χ0v) is 39.5. The van der Waals surface area contributed by atoms with Gasteiger partial charge in [0.25, 0.3) is 0 Å². The van der Waals surface area contributed by atoms with E-state index in [1.54, 1.807) is 24.3 Å². The van der Waals surface area contributed by atoms with Crippen LogP contribution in [0, 0.1) is 13.8 Å². The standard InChI is InChI=1S/2C23H40O3S.Ca/c2*1-3-4-5-6-7-8-9-10-11-12-13-14-15-16-17-22-20-23(27(24,25)26)19-18-21(22)2;/h2*18-20H,3-17H2,1-2H3,(H,24,25,26);/q;;+2/p-2. The van der Waals surface area contributed by atoms with E-state index in [0.29, 0.717) is 0 Å². The van der Waals surface area contributed by atoms with Crippen molar-refractivity contribution in [2.24, 2.45) is 0 Å². The molecular formula is C46H78CaO6S2. The van der Waals surface area contributed by atoms with Crippen LogP contribution in [0.3, 0.4) is 0 Å². The number of hydrogen-bond donors (Lipinski definition) is 0. The van der Waals surface area contributed by atoms with Crippen LogP contribution in [0.4, 0.5) is 0 Å². The molecule has 9 heteroatoms. The summed E-state index contributed by atoms with van der Waals surface area (Å²) in [5, 5.41) is 0. The molecule has 0 aliphatic heterocycles. The summed E-state index contributed by atoms with van der Waals surface area (Å²) in [5.41, 5.74) is 4.12. The van der Waals surface area contributed by atoms with Crippen molar-refractivity contribution in [3.05, 3.63) is 58.7 Å². The molecule has 0 saturated carbocycles. The van der Waals surface area contributed by atoms with Crippen molar-refractivity contribution < 1.29 is 25.9 Å². The Morgan fingerprint density at radius 3 is 0.818 bits per heavy atom. The van der Waals surface area contributed by atoms with Gasteiger partial charge >= 0.3 is 37.7 Å². The number of unbranched alkanes of at least 4 members (excludes halogenated alkanes) is 26. The summed E-state index contributed by atoms with van der Waals surface area (Å²) in [6, 6.07) is 9.41. The molecule has 0 unspecified atom stereocenters. The zero-order valence-electron chi connectivity index (χ0n) is 35.7. The van der Waals surface area contributed by atoms with Gasteiger partial charge in [-0.1, -0.05) is 193 Å². The molecule has 0 spiro atoms. The molecule has 0 saturated heterocycles. The third-order valence-electron chi connectivity index (χ3n) is 10.8. The largest absolute Gasteiger partial charge is 2.00 e. The van der Waals surface area contributed by atoms with Crippen molar-refractivity contribution in [3.8, 4) is 0 Å². The Morgan fingerprint density at radius 1 is 0.382 bits per heavy atom. The third-order valence-corrected chi connectivity index (χ3v) is 12.5. The molecule has 0 amide bonds. The van der Waals surface area contributed by atoms with Gasteiger partial charge in [-0.15, -0.1) is 0 Å². The van der Waals surface area contributed by atoms with Crippen LogP contribution >= 0.6 is 0 Å². The van der Waals surface area contributed by atoms with Gasteiger partial charge in [-0.2, -0.15) is 0 Å². The normalized spacial score (nSPS) is 11.6. The van der Waals surface area contributed by atoms with Crippen LogP contribution in [-0.2, 0) is 33.1 Å². The minimum atomic E-state index is -4.35. The topological polar surface area (TPSA) is 114 Å². The first-order valence-corrected chi connectivity index (χ1v) is 24.8. The fraction of sp³-hybridized carbons (Fsp3) is 0.739. The maximum atomic E-state index is 11.1. The van der Waals surface area contributed by atoms with Gasteiger partial charge in [0, 0.05) is 0 Å². The fourth-order valence-corrected chi connectivity index (χ4v) is 8.21. The summed E-state index contributed by atoms with van der Waals surface area (Å²) in [6.45, 7) is 8.47. The first-order chi connectivity index (χ1) is 25.9. The predicted octanol–water partition coefficient (Wildman–Crippen LogP) is 13.5. The molecule has 312 valence electrons. The number of benzene rings is 2. The van der Waals surface area contributed by atoms with E-state index in [1.807, 2.05) is 13.8 Å². The monoisotopic (exact) mass is 830 g/mol. The molecule has 0 aliphatic carbocycles. The molecule has 0 aliphatic rings. The molecule has 0 heterocycles. The van der Waals surface area contributed by atoms with Gasteiger partial charge < -0.3 is 9.11 Å². The van der Waals surface area contributed by atoms with Gasteiger partial charge in [-0.05, 0) is 86.1 Å².